The Morgan fingerprint density at radius 3 is 2.43 bits per heavy atom. The van der Waals surface area contributed by atoms with E-state index in [4.69, 9.17) is 9.47 Å². The summed E-state index contributed by atoms with van der Waals surface area (Å²) in [6.07, 6.45) is 2.71. The first-order chi connectivity index (χ1) is 14.2. The first-order valence-electron chi connectivity index (χ1n) is 9.69. The van der Waals surface area contributed by atoms with Crippen molar-refractivity contribution in [3.05, 3.63) is 48.1 Å². The van der Waals surface area contributed by atoms with Crippen LogP contribution >= 0.6 is 0 Å². The number of likely N-dealkylation sites (N-methyl/N-ethyl adjacent to an activating group) is 1. The zero-order valence-corrected chi connectivity index (χ0v) is 18.2. The lowest BCUT2D eigenvalue weighted by Gasteiger charge is -2.26. The van der Waals surface area contributed by atoms with Crippen LogP contribution in [0.2, 0.25) is 0 Å². The average Bonchev–Trinajstić information content (AvgIpc) is 2.75. The fourth-order valence-electron chi connectivity index (χ4n) is 2.83. The van der Waals surface area contributed by atoms with Crippen molar-refractivity contribution < 1.29 is 27.5 Å². The van der Waals surface area contributed by atoms with E-state index in [9.17, 15) is 18.0 Å². The monoisotopic (exact) mass is 436 g/mol. The van der Waals surface area contributed by atoms with Gasteiger partial charge < -0.3 is 14.4 Å². The molecule has 1 amide bonds. The zero-order valence-electron chi connectivity index (χ0n) is 17.4. The molecule has 2 rings (SSSR count). The third-order valence-corrected chi connectivity index (χ3v) is 6.35. The maximum atomic E-state index is 12.6. The van der Waals surface area contributed by atoms with Crippen molar-refractivity contribution in [1.29, 1.82) is 0 Å². The summed E-state index contributed by atoms with van der Waals surface area (Å²) in [5.41, 5.74) is 1.48. The predicted octanol–water partition coefficient (Wildman–Crippen LogP) is 1.69. The number of morpholine rings is 1. The smallest absolute Gasteiger partial charge is 0.331 e. The van der Waals surface area contributed by atoms with Crippen LogP contribution < -0.4 is 0 Å². The van der Waals surface area contributed by atoms with Crippen LogP contribution in [-0.2, 0) is 29.1 Å². The second kappa shape index (κ2) is 11.1. The van der Waals surface area contributed by atoms with Crippen molar-refractivity contribution in [3.8, 4) is 0 Å². The Bertz CT molecular complexity index is 887. The third kappa shape index (κ3) is 6.79. The van der Waals surface area contributed by atoms with Gasteiger partial charge in [-0.1, -0.05) is 24.3 Å². The topological polar surface area (TPSA) is 93.2 Å². The number of esters is 1. The molecule has 0 aliphatic carbocycles. The van der Waals surface area contributed by atoms with Crippen LogP contribution in [0.4, 0.5) is 0 Å². The van der Waals surface area contributed by atoms with Crippen LogP contribution in [0.1, 0.15) is 19.4 Å². The molecule has 0 bridgehead atoms. The van der Waals surface area contributed by atoms with Crippen LogP contribution in [0.15, 0.2) is 47.4 Å². The van der Waals surface area contributed by atoms with Crippen LogP contribution in [0.25, 0.3) is 6.08 Å². The zero-order chi connectivity index (χ0) is 22.1. The fourth-order valence-corrected chi connectivity index (χ4v) is 4.23. The van der Waals surface area contributed by atoms with E-state index in [-0.39, 0.29) is 17.4 Å². The molecule has 1 fully saturated rings. The SMILES string of the molecule is C=C(C)CN(CC)C(=O)COC(=O)C=Cc1ccc(S(=O)(=O)N2CCOCC2)cc1. The van der Waals surface area contributed by atoms with Gasteiger partial charge in [-0.15, -0.1) is 0 Å². The van der Waals surface area contributed by atoms with Crippen molar-refractivity contribution >= 4 is 28.0 Å². The maximum absolute atomic E-state index is 12.6. The van der Waals surface area contributed by atoms with Crippen LogP contribution in [-0.4, -0.2) is 75.5 Å². The first kappa shape index (κ1) is 23.8. The van der Waals surface area contributed by atoms with Gasteiger partial charge in [0.05, 0.1) is 18.1 Å². The molecule has 1 aliphatic heterocycles. The summed E-state index contributed by atoms with van der Waals surface area (Å²) in [6, 6.07) is 6.20. The van der Waals surface area contributed by atoms with Gasteiger partial charge in [0.2, 0.25) is 10.0 Å². The lowest BCUT2D eigenvalue weighted by atomic mass is 10.2. The molecule has 0 N–H and O–H groups in total. The molecule has 9 heteroatoms. The van der Waals surface area contributed by atoms with Crippen molar-refractivity contribution in [3.63, 3.8) is 0 Å². The average molecular weight is 437 g/mol. The Morgan fingerprint density at radius 2 is 1.87 bits per heavy atom. The van der Waals surface area contributed by atoms with E-state index >= 15 is 0 Å². The van der Waals surface area contributed by atoms with E-state index in [0.29, 0.717) is 45.0 Å². The highest BCUT2D eigenvalue weighted by Gasteiger charge is 2.25. The molecule has 30 heavy (non-hydrogen) atoms. The van der Waals surface area contributed by atoms with Gasteiger partial charge >= 0.3 is 5.97 Å². The Labute approximate surface area is 177 Å². The number of benzene rings is 1. The lowest BCUT2D eigenvalue weighted by Crippen LogP contribution is -2.40. The number of ether oxygens (including phenoxy) is 2. The molecule has 0 spiro atoms. The predicted molar refractivity (Wildman–Crippen MR) is 113 cm³/mol. The van der Waals surface area contributed by atoms with E-state index in [1.54, 1.807) is 17.0 Å². The van der Waals surface area contributed by atoms with Crippen LogP contribution in [0.3, 0.4) is 0 Å². The molecule has 8 nitrogen and oxygen atoms in total. The summed E-state index contributed by atoms with van der Waals surface area (Å²) >= 11 is 0. The Morgan fingerprint density at radius 1 is 1.23 bits per heavy atom. The minimum atomic E-state index is -3.56. The summed E-state index contributed by atoms with van der Waals surface area (Å²) in [5.74, 6) is -0.945. The maximum Gasteiger partial charge on any atom is 0.331 e. The highest BCUT2D eigenvalue weighted by molar-refractivity contribution is 7.89. The van der Waals surface area contributed by atoms with Gasteiger partial charge in [0.25, 0.3) is 5.91 Å². The summed E-state index contributed by atoms with van der Waals surface area (Å²) in [7, 11) is -3.56. The quantitative estimate of drug-likeness (QED) is 0.332. The van der Waals surface area contributed by atoms with E-state index in [1.807, 2.05) is 13.8 Å². The van der Waals surface area contributed by atoms with E-state index in [0.717, 1.165) is 5.57 Å². The van der Waals surface area contributed by atoms with Gasteiger partial charge in [0.1, 0.15) is 0 Å². The largest absolute Gasteiger partial charge is 0.452 e. The molecule has 1 aliphatic rings. The molecule has 0 radical (unpaired) electrons. The molecule has 1 heterocycles. The second-order valence-corrected chi connectivity index (χ2v) is 8.83. The number of rotatable bonds is 9. The number of hydrogen-bond donors (Lipinski definition) is 0. The minimum absolute atomic E-state index is 0.187. The lowest BCUT2D eigenvalue weighted by molar-refractivity contribution is -0.147. The Kier molecular flexibility index (Phi) is 8.76. The van der Waals surface area contributed by atoms with E-state index in [1.165, 1.54) is 28.6 Å². The van der Waals surface area contributed by atoms with Crippen LogP contribution in [0.5, 0.6) is 0 Å². The van der Waals surface area contributed by atoms with Crippen molar-refractivity contribution in [2.24, 2.45) is 0 Å². The van der Waals surface area contributed by atoms with Gasteiger partial charge in [0.15, 0.2) is 6.61 Å². The highest BCUT2D eigenvalue weighted by Crippen LogP contribution is 2.18. The summed E-state index contributed by atoms with van der Waals surface area (Å²) in [4.78, 5) is 25.7. The van der Waals surface area contributed by atoms with Crippen molar-refractivity contribution in [2.45, 2.75) is 18.7 Å². The number of amides is 1. The molecule has 0 atom stereocenters. The molecule has 1 aromatic carbocycles. The molecule has 0 saturated carbocycles. The molecule has 0 unspecified atom stereocenters. The third-order valence-electron chi connectivity index (χ3n) is 4.43. The van der Waals surface area contributed by atoms with Gasteiger partial charge in [-0.3, -0.25) is 4.79 Å². The molecule has 0 aromatic heterocycles. The summed E-state index contributed by atoms with van der Waals surface area (Å²) in [5, 5.41) is 0. The second-order valence-electron chi connectivity index (χ2n) is 6.89. The highest BCUT2D eigenvalue weighted by atomic mass is 32.2. The Hall–Kier alpha value is -2.49. The molecule has 1 aromatic rings. The standard InChI is InChI=1S/C21H28N2O6S/c1-4-22(15-17(2)3)20(24)16-29-21(25)10-7-18-5-8-19(9-6-18)30(26,27)23-11-13-28-14-12-23/h5-10H,2,4,11-16H2,1,3H3. The van der Waals surface area contributed by atoms with Crippen molar-refractivity contribution in [2.75, 3.05) is 46.0 Å². The summed E-state index contributed by atoms with van der Waals surface area (Å²) in [6.45, 7) is 9.43. The van der Waals surface area contributed by atoms with Gasteiger partial charge in [0, 0.05) is 32.3 Å². The van der Waals surface area contributed by atoms with Gasteiger partial charge in [-0.25, -0.2) is 13.2 Å². The first-order valence-corrected chi connectivity index (χ1v) is 11.1. The number of carbonyl (C=O) groups excluding carboxylic acids is 2. The fraction of sp³-hybridized carbons (Fsp3) is 0.429. The molecule has 164 valence electrons. The van der Waals surface area contributed by atoms with Gasteiger partial charge in [-0.05, 0) is 37.6 Å². The van der Waals surface area contributed by atoms with Crippen LogP contribution in [0, 0.1) is 0 Å². The number of hydrogen-bond acceptors (Lipinski definition) is 6. The molecular formula is C21H28N2O6S. The van der Waals surface area contributed by atoms with Crippen molar-refractivity contribution in [1.82, 2.24) is 9.21 Å². The molecule has 1 saturated heterocycles. The van der Waals surface area contributed by atoms with E-state index < -0.39 is 16.0 Å². The minimum Gasteiger partial charge on any atom is -0.452 e. The van der Waals surface area contributed by atoms with E-state index in [2.05, 4.69) is 6.58 Å². The number of nitrogens with zero attached hydrogens (tertiary/aromatic N) is 2. The summed E-state index contributed by atoms with van der Waals surface area (Å²) < 4.78 is 36.8. The Balaban J connectivity index is 1.91. The normalized spacial score (nSPS) is 15.1. The molecular weight excluding hydrogens is 408 g/mol. The number of carbonyl (C=O) groups is 2. The van der Waals surface area contributed by atoms with Gasteiger partial charge in [-0.2, -0.15) is 4.31 Å². The number of sulfonamides is 1.